The lowest BCUT2D eigenvalue weighted by molar-refractivity contribution is 0.555. The van der Waals surface area contributed by atoms with Gasteiger partial charge in [-0.3, -0.25) is 4.72 Å². The summed E-state index contributed by atoms with van der Waals surface area (Å²) in [6.07, 6.45) is 2.81. The van der Waals surface area contributed by atoms with Crippen LogP contribution >= 0.6 is 11.6 Å². The van der Waals surface area contributed by atoms with Crippen LogP contribution in [0.15, 0.2) is 12.4 Å². The molecule has 0 spiro atoms. The van der Waals surface area contributed by atoms with Gasteiger partial charge < -0.3 is 0 Å². The minimum atomic E-state index is -3.71. The molecule has 19 heavy (non-hydrogen) atoms. The van der Waals surface area contributed by atoms with Gasteiger partial charge in [-0.05, 0) is 12.8 Å². The van der Waals surface area contributed by atoms with Crippen LogP contribution in [0.1, 0.15) is 12.8 Å². The van der Waals surface area contributed by atoms with Crippen molar-refractivity contribution in [2.75, 3.05) is 16.2 Å². The highest BCUT2D eigenvalue weighted by atomic mass is 35.5. The zero-order valence-corrected chi connectivity index (χ0v) is 12.2. The first-order valence-corrected chi connectivity index (χ1v) is 9.23. The number of anilines is 1. The summed E-state index contributed by atoms with van der Waals surface area (Å²) in [4.78, 5) is 7.50. The predicted molar refractivity (Wildman–Crippen MR) is 71.3 cm³/mol. The molecule has 7 nitrogen and oxygen atoms in total. The number of hydrogen-bond donors (Lipinski definition) is 1. The second-order valence-corrected chi connectivity index (χ2v) is 8.82. The van der Waals surface area contributed by atoms with Crippen molar-refractivity contribution in [3.8, 4) is 0 Å². The van der Waals surface area contributed by atoms with Gasteiger partial charge in [0.15, 0.2) is 11.0 Å². The molecule has 0 aromatic carbocycles. The number of sulfone groups is 1. The van der Waals surface area contributed by atoms with Crippen LogP contribution in [-0.4, -0.2) is 43.6 Å². The van der Waals surface area contributed by atoms with Crippen molar-refractivity contribution < 1.29 is 16.8 Å². The van der Waals surface area contributed by atoms with Crippen LogP contribution in [0.2, 0.25) is 5.15 Å². The predicted octanol–water partition coefficient (Wildman–Crippen LogP) is 0.449. The van der Waals surface area contributed by atoms with Gasteiger partial charge in [-0.1, -0.05) is 11.6 Å². The molecule has 1 fully saturated rings. The van der Waals surface area contributed by atoms with E-state index in [1.165, 1.54) is 12.4 Å². The lowest BCUT2D eigenvalue weighted by Crippen LogP contribution is -2.36. The summed E-state index contributed by atoms with van der Waals surface area (Å²) < 4.78 is 49.0. The third-order valence-electron chi connectivity index (χ3n) is 2.83. The standard InChI is InChI=1S/C9H12ClN3O4S2/c10-8-9(12-4-3-11-8)13-19(16,17)7-1-5-18(14,15)6-2-7/h3-4,7H,1-2,5-6H2,(H,12,13). The molecule has 10 heteroatoms. The van der Waals surface area contributed by atoms with E-state index < -0.39 is 25.1 Å². The fraction of sp³-hybridized carbons (Fsp3) is 0.556. The topological polar surface area (TPSA) is 106 Å². The molecule has 2 heterocycles. The van der Waals surface area contributed by atoms with Crippen molar-refractivity contribution in [2.24, 2.45) is 0 Å². The van der Waals surface area contributed by atoms with Gasteiger partial charge in [0.05, 0.1) is 16.8 Å². The molecule has 106 valence electrons. The van der Waals surface area contributed by atoms with Gasteiger partial charge in [0.1, 0.15) is 9.84 Å². The third-order valence-corrected chi connectivity index (χ3v) is 6.65. The highest BCUT2D eigenvalue weighted by molar-refractivity contribution is 7.94. The number of nitrogens with zero attached hydrogens (tertiary/aromatic N) is 2. The Kier molecular flexibility index (Phi) is 3.98. The molecule has 0 bridgehead atoms. The van der Waals surface area contributed by atoms with Gasteiger partial charge in [0, 0.05) is 12.4 Å². The molecule has 1 aromatic rings. The van der Waals surface area contributed by atoms with Crippen molar-refractivity contribution in [3.05, 3.63) is 17.5 Å². The van der Waals surface area contributed by atoms with E-state index in [-0.39, 0.29) is 35.3 Å². The summed E-state index contributed by atoms with van der Waals surface area (Å²) in [6, 6.07) is 0. The zero-order valence-electron chi connectivity index (χ0n) is 9.78. The Morgan fingerprint density at radius 2 is 1.79 bits per heavy atom. The molecule has 0 aliphatic carbocycles. The van der Waals surface area contributed by atoms with Gasteiger partial charge in [-0.15, -0.1) is 0 Å². The quantitative estimate of drug-likeness (QED) is 0.864. The fourth-order valence-electron chi connectivity index (χ4n) is 1.79. The van der Waals surface area contributed by atoms with E-state index in [9.17, 15) is 16.8 Å². The van der Waals surface area contributed by atoms with E-state index in [2.05, 4.69) is 14.7 Å². The van der Waals surface area contributed by atoms with Crippen LogP contribution in [0.4, 0.5) is 5.82 Å². The second kappa shape index (κ2) is 5.22. The molecular weight excluding hydrogens is 314 g/mol. The summed E-state index contributed by atoms with van der Waals surface area (Å²) in [7, 11) is -6.81. The van der Waals surface area contributed by atoms with Gasteiger partial charge in [-0.2, -0.15) is 0 Å². The average molecular weight is 326 g/mol. The second-order valence-electron chi connectivity index (χ2n) is 4.19. The zero-order chi connectivity index (χ0) is 14.1. The van der Waals surface area contributed by atoms with Gasteiger partial charge in [-0.25, -0.2) is 26.8 Å². The van der Waals surface area contributed by atoms with Gasteiger partial charge in [0.25, 0.3) is 0 Å². The van der Waals surface area contributed by atoms with E-state index in [0.717, 1.165) is 0 Å². The number of nitrogens with one attached hydrogen (secondary N) is 1. The first-order valence-electron chi connectivity index (χ1n) is 5.49. The molecule has 1 aromatic heterocycles. The molecule has 1 aliphatic heterocycles. The summed E-state index contributed by atoms with van der Waals surface area (Å²) in [5.74, 6) is -0.280. The van der Waals surface area contributed by atoms with E-state index in [0.29, 0.717) is 0 Å². The van der Waals surface area contributed by atoms with Crippen LogP contribution < -0.4 is 4.72 Å². The summed E-state index contributed by atoms with van der Waals surface area (Å²) in [5, 5.41) is -0.802. The SMILES string of the molecule is O=S1(=O)CCC(S(=O)(=O)Nc2nccnc2Cl)CC1. The molecule has 1 N–H and O–H groups in total. The monoisotopic (exact) mass is 325 g/mol. The van der Waals surface area contributed by atoms with Crippen LogP contribution in [0.5, 0.6) is 0 Å². The molecule has 0 amide bonds. The van der Waals surface area contributed by atoms with E-state index in [1.54, 1.807) is 0 Å². The minimum Gasteiger partial charge on any atom is -0.265 e. The van der Waals surface area contributed by atoms with Gasteiger partial charge in [0.2, 0.25) is 10.0 Å². The van der Waals surface area contributed by atoms with Crippen LogP contribution in [0.25, 0.3) is 0 Å². The van der Waals surface area contributed by atoms with Crippen molar-refractivity contribution in [2.45, 2.75) is 18.1 Å². The minimum absolute atomic E-state index is 0.0439. The number of sulfonamides is 1. The molecule has 0 atom stereocenters. The number of halogens is 1. The van der Waals surface area contributed by atoms with E-state index in [4.69, 9.17) is 11.6 Å². The van der Waals surface area contributed by atoms with Crippen molar-refractivity contribution in [1.29, 1.82) is 0 Å². The van der Waals surface area contributed by atoms with Crippen LogP contribution in [0.3, 0.4) is 0 Å². The largest absolute Gasteiger partial charge is 0.265 e. The number of rotatable bonds is 3. The Hall–Kier alpha value is -0.930. The Labute approximate surface area is 116 Å². The van der Waals surface area contributed by atoms with Crippen LogP contribution in [-0.2, 0) is 19.9 Å². The Balaban J connectivity index is 2.14. The first kappa shape index (κ1) is 14.5. The molecule has 0 saturated carbocycles. The van der Waals surface area contributed by atoms with Crippen LogP contribution in [0, 0.1) is 0 Å². The average Bonchev–Trinajstić information content (AvgIpc) is 2.31. The summed E-state index contributed by atoms with van der Waals surface area (Å²) in [5.41, 5.74) is 0. The van der Waals surface area contributed by atoms with E-state index in [1.807, 2.05) is 0 Å². The highest BCUT2D eigenvalue weighted by Gasteiger charge is 2.33. The normalized spacial score (nSPS) is 20.1. The summed E-state index contributed by atoms with van der Waals surface area (Å²) >= 11 is 5.72. The van der Waals surface area contributed by atoms with Gasteiger partial charge >= 0.3 is 0 Å². The number of aromatic nitrogens is 2. The molecule has 2 rings (SSSR count). The van der Waals surface area contributed by atoms with Crippen molar-refractivity contribution in [1.82, 2.24) is 9.97 Å². The first-order chi connectivity index (χ1) is 8.80. The lowest BCUT2D eigenvalue weighted by Gasteiger charge is -2.22. The highest BCUT2D eigenvalue weighted by Crippen LogP contribution is 2.23. The molecule has 1 saturated heterocycles. The maximum absolute atomic E-state index is 12.1. The number of hydrogen-bond acceptors (Lipinski definition) is 6. The van der Waals surface area contributed by atoms with Crippen molar-refractivity contribution >= 4 is 37.3 Å². The Bertz CT molecular complexity index is 660. The third kappa shape index (κ3) is 3.54. The molecule has 1 aliphatic rings. The molecule has 0 unspecified atom stereocenters. The maximum atomic E-state index is 12.1. The Morgan fingerprint density at radius 1 is 1.21 bits per heavy atom. The summed E-state index contributed by atoms with van der Waals surface area (Å²) in [6.45, 7) is 0. The molecule has 0 radical (unpaired) electrons. The van der Waals surface area contributed by atoms with E-state index >= 15 is 0 Å². The fourth-order valence-corrected chi connectivity index (χ4v) is 5.23. The maximum Gasteiger partial charge on any atom is 0.236 e. The molecular formula is C9H12ClN3O4S2. The van der Waals surface area contributed by atoms with Crippen molar-refractivity contribution in [3.63, 3.8) is 0 Å². The lowest BCUT2D eigenvalue weighted by atomic mass is 10.2. The Morgan fingerprint density at radius 3 is 2.37 bits per heavy atom. The smallest absolute Gasteiger partial charge is 0.236 e.